The summed E-state index contributed by atoms with van der Waals surface area (Å²) in [4.78, 5) is 4.66. The Labute approximate surface area is 90.3 Å². The first kappa shape index (κ1) is 9.97. The predicted octanol–water partition coefficient (Wildman–Crippen LogP) is 3.15. The van der Waals surface area contributed by atoms with Gasteiger partial charge < -0.3 is 5.32 Å². The molecule has 0 bridgehead atoms. The molecule has 0 atom stereocenters. The molecule has 0 spiro atoms. The van der Waals surface area contributed by atoms with Crippen LogP contribution in [-0.2, 0) is 6.42 Å². The van der Waals surface area contributed by atoms with E-state index in [1.165, 1.54) is 16.6 Å². The number of anilines is 1. The van der Waals surface area contributed by atoms with Gasteiger partial charge in [0.2, 0.25) is 0 Å². The Bertz CT molecular complexity index is 489. The van der Waals surface area contributed by atoms with Crippen molar-refractivity contribution < 1.29 is 0 Å². The lowest BCUT2D eigenvalue weighted by molar-refractivity contribution is 1.05. The predicted molar refractivity (Wildman–Crippen MR) is 65.4 cm³/mol. The van der Waals surface area contributed by atoms with E-state index in [0.717, 1.165) is 17.6 Å². The first-order valence-corrected chi connectivity index (χ1v) is 5.33. The Hall–Kier alpha value is -1.57. The van der Waals surface area contributed by atoms with E-state index in [2.05, 4.69) is 48.4 Å². The number of hydrogen-bond acceptors (Lipinski definition) is 2. The van der Waals surface area contributed by atoms with E-state index in [0.29, 0.717) is 0 Å². The average Bonchev–Trinajstić information content (AvgIpc) is 2.28. The van der Waals surface area contributed by atoms with E-state index in [1.54, 1.807) is 0 Å². The summed E-state index contributed by atoms with van der Waals surface area (Å²) in [6, 6.07) is 8.42. The molecule has 0 amide bonds. The van der Waals surface area contributed by atoms with Gasteiger partial charge in [-0.3, -0.25) is 4.98 Å². The highest BCUT2D eigenvalue weighted by molar-refractivity contribution is 5.93. The summed E-state index contributed by atoms with van der Waals surface area (Å²) in [5, 5.41) is 4.44. The van der Waals surface area contributed by atoms with Crippen molar-refractivity contribution in [2.75, 3.05) is 12.4 Å². The number of rotatable bonds is 2. The smallest absolute Gasteiger partial charge is 0.0755 e. The normalized spacial score (nSPS) is 10.6. The second kappa shape index (κ2) is 3.89. The van der Waals surface area contributed by atoms with E-state index in [9.17, 15) is 0 Å². The highest BCUT2D eigenvalue weighted by atomic mass is 14.8. The quantitative estimate of drug-likeness (QED) is 0.805. The van der Waals surface area contributed by atoms with Gasteiger partial charge in [-0.15, -0.1) is 0 Å². The number of aromatic nitrogens is 1. The maximum absolute atomic E-state index is 4.66. The van der Waals surface area contributed by atoms with Gasteiger partial charge in [0.05, 0.1) is 5.52 Å². The van der Waals surface area contributed by atoms with E-state index in [-0.39, 0.29) is 0 Å². The second-order valence-corrected chi connectivity index (χ2v) is 3.74. The monoisotopic (exact) mass is 200 g/mol. The van der Waals surface area contributed by atoms with Crippen LogP contribution in [0.3, 0.4) is 0 Å². The molecule has 1 aromatic heterocycles. The molecule has 0 radical (unpaired) electrons. The van der Waals surface area contributed by atoms with Gasteiger partial charge in [-0.25, -0.2) is 0 Å². The summed E-state index contributed by atoms with van der Waals surface area (Å²) in [6.07, 6.45) is 0.971. The number of benzene rings is 1. The minimum Gasteiger partial charge on any atom is -0.388 e. The molecule has 1 heterocycles. The molecule has 0 saturated carbocycles. The van der Waals surface area contributed by atoms with Crippen LogP contribution in [0.1, 0.15) is 18.2 Å². The van der Waals surface area contributed by atoms with Crippen LogP contribution < -0.4 is 5.32 Å². The summed E-state index contributed by atoms with van der Waals surface area (Å²) in [5.41, 5.74) is 4.65. The zero-order valence-corrected chi connectivity index (χ0v) is 9.46. The Morgan fingerprint density at radius 2 is 2.13 bits per heavy atom. The first-order chi connectivity index (χ1) is 7.26. The average molecular weight is 200 g/mol. The third-order valence-electron chi connectivity index (χ3n) is 2.73. The number of aryl methyl sites for hydroxylation is 2. The van der Waals surface area contributed by atoms with Crippen molar-refractivity contribution in [3.63, 3.8) is 0 Å². The number of nitrogens with one attached hydrogen (secondary N) is 1. The van der Waals surface area contributed by atoms with Crippen LogP contribution in [0.4, 0.5) is 5.69 Å². The Morgan fingerprint density at radius 1 is 1.33 bits per heavy atom. The third kappa shape index (κ3) is 1.67. The van der Waals surface area contributed by atoms with Gasteiger partial charge in [-0.1, -0.05) is 25.1 Å². The third-order valence-corrected chi connectivity index (χ3v) is 2.73. The lowest BCUT2D eigenvalue weighted by Gasteiger charge is -2.09. The molecular weight excluding hydrogens is 184 g/mol. The summed E-state index contributed by atoms with van der Waals surface area (Å²) < 4.78 is 0. The molecule has 0 saturated heterocycles. The van der Waals surface area contributed by atoms with Crippen LogP contribution in [0, 0.1) is 6.92 Å². The van der Waals surface area contributed by atoms with E-state index in [4.69, 9.17) is 0 Å². The van der Waals surface area contributed by atoms with E-state index >= 15 is 0 Å². The molecule has 2 rings (SSSR count). The fraction of sp³-hybridized carbons (Fsp3) is 0.308. The highest BCUT2D eigenvalue weighted by Gasteiger charge is 2.05. The molecule has 0 aliphatic heterocycles. The summed E-state index contributed by atoms with van der Waals surface area (Å²) in [7, 11) is 1.95. The van der Waals surface area contributed by atoms with Crippen LogP contribution in [0.2, 0.25) is 0 Å². The Morgan fingerprint density at radius 3 is 2.80 bits per heavy atom. The fourth-order valence-corrected chi connectivity index (χ4v) is 1.83. The Balaban J connectivity index is 2.80. The molecular formula is C13H16N2. The zero-order valence-electron chi connectivity index (χ0n) is 9.46. The minimum absolute atomic E-state index is 0.971. The van der Waals surface area contributed by atoms with Crippen LogP contribution in [-0.4, -0.2) is 12.0 Å². The Kier molecular flexibility index (Phi) is 2.58. The molecule has 2 aromatic rings. The summed E-state index contributed by atoms with van der Waals surface area (Å²) in [5.74, 6) is 0. The van der Waals surface area contributed by atoms with Gasteiger partial charge in [0.15, 0.2) is 0 Å². The van der Waals surface area contributed by atoms with Crippen molar-refractivity contribution in [1.29, 1.82) is 0 Å². The number of fused-ring (bicyclic) bond motifs is 1. The maximum Gasteiger partial charge on any atom is 0.0755 e. The van der Waals surface area contributed by atoms with Gasteiger partial charge in [0, 0.05) is 23.8 Å². The molecule has 0 aliphatic rings. The lowest BCUT2D eigenvalue weighted by Crippen LogP contribution is -1.96. The molecule has 0 aliphatic carbocycles. The molecule has 0 fully saturated rings. The van der Waals surface area contributed by atoms with Crippen LogP contribution >= 0.6 is 0 Å². The largest absolute Gasteiger partial charge is 0.388 e. The molecule has 1 aromatic carbocycles. The van der Waals surface area contributed by atoms with Gasteiger partial charge in [-0.2, -0.15) is 0 Å². The van der Waals surface area contributed by atoms with Crippen molar-refractivity contribution in [2.24, 2.45) is 0 Å². The zero-order chi connectivity index (χ0) is 10.8. The molecule has 0 unspecified atom stereocenters. The number of para-hydroxylation sites is 1. The van der Waals surface area contributed by atoms with Gasteiger partial charge in [0.25, 0.3) is 0 Å². The first-order valence-electron chi connectivity index (χ1n) is 5.33. The van der Waals surface area contributed by atoms with Crippen LogP contribution in [0.15, 0.2) is 24.3 Å². The van der Waals surface area contributed by atoms with E-state index in [1.807, 2.05) is 7.05 Å². The van der Waals surface area contributed by atoms with Crippen molar-refractivity contribution in [3.8, 4) is 0 Å². The van der Waals surface area contributed by atoms with Crippen LogP contribution in [0.5, 0.6) is 0 Å². The summed E-state index contributed by atoms with van der Waals surface area (Å²) >= 11 is 0. The highest BCUT2D eigenvalue weighted by Crippen LogP contribution is 2.25. The maximum atomic E-state index is 4.66. The van der Waals surface area contributed by atoms with Crippen molar-refractivity contribution in [3.05, 3.63) is 35.5 Å². The van der Waals surface area contributed by atoms with Crippen LogP contribution in [0.25, 0.3) is 10.9 Å². The van der Waals surface area contributed by atoms with Crippen molar-refractivity contribution in [2.45, 2.75) is 20.3 Å². The van der Waals surface area contributed by atoms with Crippen molar-refractivity contribution >= 4 is 16.6 Å². The molecule has 2 heteroatoms. The van der Waals surface area contributed by atoms with E-state index < -0.39 is 0 Å². The van der Waals surface area contributed by atoms with Gasteiger partial charge >= 0.3 is 0 Å². The molecule has 1 N–H and O–H groups in total. The van der Waals surface area contributed by atoms with Gasteiger partial charge in [-0.05, 0) is 25.0 Å². The number of hydrogen-bond donors (Lipinski definition) is 1. The number of nitrogens with zero attached hydrogens (tertiary/aromatic N) is 1. The molecule has 78 valence electrons. The second-order valence-electron chi connectivity index (χ2n) is 3.74. The molecule has 2 nitrogen and oxygen atoms in total. The summed E-state index contributed by atoms with van der Waals surface area (Å²) in [6.45, 7) is 4.24. The molecule has 15 heavy (non-hydrogen) atoms. The van der Waals surface area contributed by atoms with Gasteiger partial charge in [0.1, 0.15) is 0 Å². The van der Waals surface area contributed by atoms with Crippen molar-refractivity contribution in [1.82, 2.24) is 4.98 Å². The SMILES string of the molecule is CCc1cc(NC)c2cccc(C)c2n1. The fourth-order valence-electron chi connectivity index (χ4n) is 1.83. The number of pyridine rings is 1. The topological polar surface area (TPSA) is 24.9 Å². The lowest BCUT2D eigenvalue weighted by atomic mass is 10.1. The standard InChI is InChI=1S/C13H16N2/c1-4-10-8-12(14-3)11-7-5-6-9(2)13(11)15-10/h5-8H,4H2,1-3H3,(H,14,15). The minimum atomic E-state index is 0.971.